The Hall–Kier alpha value is -1.99. The van der Waals surface area contributed by atoms with Crippen LogP contribution in [-0.2, 0) is 16.0 Å². The van der Waals surface area contributed by atoms with Crippen LogP contribution in [0.25, 0.3) is 0 Å². The Labute approximate surface area is 167 Å². The molecular weight excluding hydrogens is 356 g/mol. The standard InChI is InChI=1S/C21H32N4O3/c1-4-25-20(27)24(12-6-8-18-7-5-11-22-15-18)19(26)21(25)9-13-23(14-10-21)17(2)16-28-3/h5,7,11,15,17H,4,6,8-10,12-14,16H2,1-3H3/t17-/m0/s1. The van der Waals surface area contributed by atoms with Crippen molar-refractivity contribution in [2.75, 3.05) is 39.9 Å². The van der Waals surface area contributed by atoms with Crippen molar-refractivity contribution in [3.8, 4) is 0 Å². The van der Waals surface area contributed by atoms with Crippen LogP contribution in [0.1, 0.15) is 38.7 Å². The first kappa shape index (κ1) is 20.7. The maximum Gasteiger partial charge on any atom is 0.327 e. The number of methoxy groups -OCH3 is 1. The SMILES string of the molecule is CCN1C(=O)N(CCCc2cccnc2)C(=O)C12CCN([C@@H](C)COC)CC2. The number of aromatic nitrogens is 1. The van der Waals surface area contributed by atoms with Crippen molar-refractivity contribution in [2.24, 2.45) is 0 Å². The van der Waals surface area contributed by atoms with Crippen molar-refractivity contribution >= 4 is 11.9 Å². The summed E-state index contributed by atoms with van der Waals surface area (Å²) in [6.45, 7) is 7.44. The first-order chi connectivity index (χ1) is 13.5. The van der Waals surface area contributed by atoms with E-state index in [9.17, 15) is 9.59 Å². The minimum absolute atomic E-state index is 0.00965. The molecule has 0 bridgehead atoms. The fourth-order valence-corrected chi connectivity index (χ4v) is 4.57. The third-order valence-electron chi connectivity index (χ3n) is 6.16. The van der Waals surface area contributed by atoms with Gasteiger partial charge in [0.15, 0.2) is 0 Å². The van der Waals surface area contributed by atoms with Gasteiger partial charge in [-0.25, -0.2) is 4.79 Å². The Bertz CT molecular complexity index is 673. The lowest BCUT2D eigenvalue weighted by atomic mass is 9.85. The van der Waals surface area contributed by atoms with Gasteiger partial charge in [0.05, 0.1) is 6.61 Å². The number of carbonyl (C=O) groups excluding carboxylic acids is 2. The molecule has 154 valence electrons. The van der Waals surface area contributed by atoms with Gasteiger partial charge < -0.3 is 9.64 Å². The van der Waals surface area contributed by atoms with Gasteiger partial charge in [-0.05, 0) is 51.2 Å². The molecule has 3 heterocycles. The van der Waals surface area contributed by atoms with Crippen LogP contribution in [0, 0.1) is 0 Å². The van der Waals surface area contributed by atoms with Gasteiger partial charge >= 0.3 is 6.03 Å². The molecule has 0 unspecified atom stereocenters. The summed E-state index contributed by atoms with van der Waals surface area (Å²) in [6, 6.07) is 4.13. The molecule has 2 aliphatic rings. The predicted molar refractivity (Wildman–Crippen MR) is 107 cm³/mol. The molecule has 1 aromatic rings. The molecule has 1 atom stereocenters. The van der Waals surface area contributed by atoms with Gasteiger partial charge in [0.2, 0.25) is 0 Å². The molecule has 3 amide bonds. The van der Waals surface area contributed by atoms with Crippen molar-refractivity contribution in [1.29, 1.82) is 0 Å². The number of likely N-dealkylation sites (tertiary alicyclic amines) is 1. The first-order valence-electron chi connectivity index (χ1n) is 10.3. The van der Waals surface area contributed by atoms with Crippen LogP contribution in [0.5, 0.6) is 0 Å². The van der Waals surface area contributed by atoms with Crippen LogP contribution in [0.2, 0.25) is 0 Å². The highest BCUT2D eigenvalue weighted by Crippen LogP contribution is 2.37. The Morgan fingerprint density at radius 2 is 2.04 bits per heavy atom. The maximum atomic E-state index is 13.3. The highest BCUT2D eigenvalue weighted by Gasteiger charge is 2.57. The van der Waals surface area contributed by atoms with Crippen LogP contribution in [0.15, 0.2) is 24.5 Å². The van der Waals surface area contributed by atoms with E-state index in [0.29, 0.717) is 38.6 Å². The number of ether oxygens (including phenoxy) is 1. The van der Waals surface area contributed by atoms with Gasteiger partial charge in [-0.1, -0.05) is 6.07 Å². The molecule has 7 heteroatoms. The third kappa shape index (κ3) is 3.91. The summed E-state index contributed by atoms with van der Waals surface area (Å²) in [4.78, 5) is 36.0. The van der Waals surface area contributed by atoms with Crippen LogP contribution >= 0.6 is 0 Å². The molecule has 1 spiro atoms. The number of pyridine rings is 1. The number of rotatable bonds is 8. The summed E-state index contributed by atoms with van der Waals surface area (Å²) in [5.74, 6) is -0.00965. The largest absolute Gasteiger partial charge is 0.383 e. The lowest BCUT2D eigenvalue weighted by Crippen LogP contribution is -2.58. The zero-order valence-electron chi connectivity index (χ0n) is 17.3. The van der Waals surface area contributed by atoms with Crippen LogP contribution in [0.3, 0.4) is 0 Å². The van der Waals surface area contributed by atoms with Crippen molar-refractivity contribution < 1.29 is 14.3 Å². The second kappa shape index (κ2) is 9.01. The van der Waals surface area contributed by atoms with Crippen LogP contribution in [-0.4, -0.2) is 83.1 Å². The molecule has 7 nitrogen and oxygen atoms in total. The Balaban J connectivity index is 1.64. The van der Waals surface area contributed by atoms with E-state index in [4.69, 9.17) is 4.74 Å². The Kier molecular flexibility index (Phi) is 6.67. The molecule has 0 N–H and O–H groups in total. The summed E-state index contributed by atoms with van der Waals surface area (Å²) < 4.78 is 5.27. The van der Waals surface area contributed by atoms with Gasteiger partial charge in [-0.2, -0.15) is 0 Å². The summed E-state index contributed by atoms with van der Waals surface area (Å²) in [5.41, 5.74) is 0.466. The van der Waals surface area contributed by atoms with Crippen molar-refractivity contribution in [1.82, 2.24) is 19.7 Å². The lowest BCUT2D eigenvalue weighted by molar-refractivity contribution is -0.136. The van der Waals surface area contributed by atoms with Gasteiger partial charge in [-0.3, -0.25) is 19.6 Å². The summed E-state index contributed by atoms with van der Waals surface area (Å²) in [7, 11) is 1.71. The van der Waals surface area contributed by atoms with E-state index in [1.807, 2.05) is 25.3 Å². The van der Waals surface area contributed by atoms with Crippen molar-refractivity contribution in [2.45, 2.75) is 51.1 Å². The van der Waals surface area contributed by atoms with Crippen molar-refractivity contribution in [3.05, 3.63) is 30.1 Å². The van der Waals surface area contributed by atoms with E-state index in [0.717, 1.165) is 31.5 Å². The van der Waals surface area contributed by atoms with Crippen LogP contribution in [0.4, 0.5) is 4.79 Å². The molecule has 0 aliphatic carbocycles. The van der Waals surface area contributed by atoms with E-state index in [1.165, 1.54) is 4.90 Å². The molecule has 28 heavy (non-hydrogen) atoms. The minimum Gasteiger partial charge on any atom is -0.383 e. The average molecular weight is 389 g/mol. The fourth-order valence-electron chi connectivity index (χ4n) is 4.57. The number of piperidine rings is 1. The minimum atomic E-state index is -0.663. The molecule has 1 aromatic heterocycles. The van der Waals surface area contributed by atoms with E-state index in [1.54, 1.807) is 18.2 Å². The number of likely N-dealkylation sites (N-methyl/N-ethyl adjacent to an activating group) is 1. The highest BCUT2D eigenvalue weighted by molar-refractivity contribution is 6.07. The predicted octanol–water partition coefficient (Wildman–Crippen LogP) is 2.17. The monoisotopic (exact) mass is 388 g/mol. The number of imide groups is 1. The number of hydrogen-bond donors (Lipinski definition) is 0. The smallest absolute Gasteiger partial charge is 0.327 e. The quantitative estimate of drug-likeness (QED) is 0.639. The van der Waals surface area contributed by atoms with Crippen LogP contribution < -0.4 is 0 Å². The van der Waals surface area contributed by atoms with Gasteiger partial charge in [0, 0.05) is 51.7 Å². The van der Waals surface area contributed by atoms with E-state index < -0.39 is 5.54 Å². The van der Waals surface area contributed by atoms with Gasteiger partial charge in [-0.15, -0.1) is 0 Å². The zero-order chi connectivity index (χ0) is 20.1. The maximum absolute atomic E-state index is 13.3. The third-order valence-corrected chi connectivity index (χ3v) is 6.16. The molecular formula is C21H32N4O3. The van der Waals surface area contributed by atoms with Gasteiger partial charge in [0.1, 0.15) is 5.54 Å². The Morgan fingerprint density at radius 3 is 2.64 bits per heavy atom. The topological polar surface area (TPSA) is 66.0 Å². The molecule has 2 saturated heterocycles. The average Bonchev–Trinajstić information content (AvgIpc) is 2.90. The highest BCUT2D eigenvalue weighted by atomic mass is 16.5. The summed E-state index contributed by atoms with van der Waals surface area (Å²) in [6.07, 6.45) is 6.54. The van der Waals surface area contributed by atoms with Crippen molar-refractivity contribution in [3.63, 3.8) is 0 Å². The Morgan fingerprint density at radius 1 is 1.29 bits per heavy atom. The molecule has 0 radical (unpaired) electrons. The van der Waals surface area contributed by atoms with Gasteiger partial charge in [0.25, 0.3) is 5.91 Å². The normalized spacial score (nSPS) is 21.0. The first-order valence-corrected chi connectivity index (χ1v) is 10.3. The van der Waals surface area contributed by atoms with E-state index in [2.05, 4.69) is 16.8 Å². The zero-order valence-corrected chi connectivity index (χ0v) is 17.3. The molecule has 2 fully saturated rings. The molecule has 3 rings (SSSR count). The number of aryl methyl sites for hydroxylation is 1. The molecule has 0 saturated carbocycles. The second-order valence-corrected chi connectivity index (χ2v) is 7.82. The number of nitrogens with zero attached hydrogens (tertiary/aromatic N) is 4. The number of carbonyl (C=O) groups is 2. The summed E-state index contributed by atoms with van der Waals surface area (Å²) >= 11 is 0. The second-order valence-electron chi connectivity index (χ2n) is 7.82. The number of hydrogen-bond acceptors (Lipinski definition) is 5. The molecule has 2 aliphatic heterocycles. The van der Waals surface area contributed by atoms with E-state index >= 15 is 0 Å². The number of urea groups is 1. The van der Waals surface area contributed by atoms with E-state index in [-0.39, 0.29) is 11.9 Å². The summed E-state index contributed by atoms with van der Waals surface area (Å²) in [5, 5.41) is 0. The molecule has 0 aromatic carbocycles. The lowest BCUT2D eigenvalue weighted by Gasteiger charge is -2.43. The number of amides is 3. The fraction of sp³-hybridized carbons (Fsp3) is 0.667.